The number of aromatic nitrogens is 1. The van der Waals surface area contributed by atoms with E-state index in [0.717, 1.165) is 16.5 Å². The number of hydrogen-bond donors (Lipinski definition) is 0. The second kappa shape index (κ2) is 6.44. The minimum atomic E-state index is -0.557. The lowest BCUT2D eigenvalue weighted by Crippen LogP contribution is -2.09. The number of carbonyl (C=O) groups is 1. The topological polar surface area (TPSA) is 48.4 Å². The maximum atomic E-state index is 12.1. The maximum absolute atomic E-state index is 12.1. The molecule has 6 heteroatoms. The van der Waals surface area contributed by atoms with Gasteiger partial charge in [0.25, 0.3) is 0 Å². The van der Waals surface area contributed by atoms with Gasteiger partial charge in [-0.05, 0) is 41.1 Å². The Morgan fingerprint density at radius 2 is 1.70 bits per heavy atom. The summed E-state index contributed by atoms with van der Waals surface area (Å²) in [6.45, 7) is 0. The first-order chi connectivity index (χ1) is 11.1. The molecule has 0 aliphatic carbocycles. The third-order valence-corrected chi connectivity index (χ3v) is 3.95. The molecule has 0 aliphatic rings. The predicted octanol–water partition coefficient (Wildman–Crippen LogP) is 4.77. The zero-order valence-electron chi connectivity index (χ0n) is 12.0. The van der Waals surface area contributed by atoms with Crippen molar-refractivity contribution in [3.05, 3.63) is 64.4 Å². The Labute approximate surface area is 142 Å². The molecule has 0 N–H and O–H groups in total. The molecule has 0 bridgehead atoms. The van der Waals surface area contributed by atoms with E-state index in [-0.39, 0.29) is 15.7 Å². The van der Waals surface area contributed by atoms with Crippen LogP contribution in [0.5, 0.6) is 11.5 Å². The van der Waals surface area contributed by atoms with Crippen LogP contribution >= 0.6 is 23.2 Å². The zero-order valence-corrected chi connectivity index (χ0v) is 13.6. The Bertz CT molecular complexity index is 896. The lowest BCUT2D eigenvalue weighted by Gasteiger charge is -2.07. The molecule has 2 aromatic carbocycles. The van der Waals surface area contributed by atoms with Crippen molar-refractivity contribution in [2.45, 2.75) is 0 Å². The van der Waals surface area contributed by atoms with E-state index >= 15 is 0 Å². The van der Waals surface area contributed by atoms with Crippen molar-refractivity contribution in [3.8, 4) is 11.5 Å². The maximum Gasteiger partial charge on any atom is 0.345 e. The normalized spacial score (nSPS) is 10.6. The molecule has 0 unspecified atom stereocenters. The van der Waals surface area contributed by atoms with Crippen LogP contribution in [0.15, 0.2) is 48.7 Å². The molecule has 3 aromatic rings. The fraction of sp³-hybridized carbons (Fsp3) is 0.0588. The first kappa shape index (κ1) is 15.6. The van der Waals surface area contributed by atoms with Gasteiger partial charge in [-0.2, -0.15) is 0 Å². The molecular weight excluding hydrogens is 337 g/mol. The zero-order chi connectivity index (χ0) is 16.4. The molecule has 4 nitrogen and oxygen atoms in total. The summed E-state index contributed by atoms with van der Waals surface area (Å²) in [6.07, 6.45) is 1.32. The van der Waals surface area contributed by atoms with Crippen LogP contribution in [0.2, 0.25) is 10.2 Å². The van der Waals surface area contributed by atoms with Crippen molar-refractivity contribution in [3.63, 3.8) is 0 Å². The van der Waals surface area contributed by atoms with E-state index in [4.69, 9.17) is 32.7 Å². The van der Waals surface area contributed by atoms with Crippen LogP contribution in [0, 0.1) is 0 Å². The van der Waals surface area contributed by atoms with Crippen LogP contribution in [0.1, 0.15) is 10.4 Å². The minimum Gasteiger partial charge on any atom is -0.497 e. The Balaban J connectivity index is 1.88. The number of benzene rings is 2. The molecule has 116 valence electrons. The lowest BCUT2D eigenvalue weighted by atomic mass is 10.1. The highest BCUT2D eigenvalue weighted by Gasteiger charge is 2.12. The summed E-state index contributed by atoms with van der Waals surface area (Å²) in [5.41, 5.74) is 0.227. The second-order valence-corrected chi connectivity index (χ2v) is 5.53. The number of pyridine rings is 1. The van der Waals surface area contributed by atoms with Gasteiger partial charge in [0, 0.05) is 6.20 Å². The number of esters is 1. The fourth-order valence-corrected chi connectivity index (χ4v) is 2.36. The Kier molecular flexibility index (Phi) is 4.37. The first-order valence-corrected chi connectivity index (χ1v) is 7.43. The van der Waals surface area contributed by atoms with Gasteiger partial charge in [-0.1, -0.05) is 35.3 Å². The number of nitrogens with zero attached hydrogens (tertiary/aromatic N) is 1. The van der Waals surface area contributed by atoms with Gasteiger partial charge in [0.2, 0.25) is 0 Å². The van der Waals surface area contributed by atoms with E-state index in [0.29, 0.717) is 5.75 Å². The smallest absolute Gasteiger partial charge is 0.345 e. The van der Waals surface area contributed by atoms with Crippen LogP contribution in [-0.2, 0) is 0 Å². The number of rotatable bonds is 3. The summed E-state index contributed by atoms with van der Waals surface area (Å²) in [6, 6.07) is 12.4. The van der Waals surface area contributed by atoms with E-state index in [1.54, 1.807) is 19.2 Å². The van der Waals surface area contributed by atoms with Gasteiger partial charge >= 0.3 is 5.97 Å². The van der Waals surface area contributed by atoms with E-state index in [1.807, 2.05) is 24.3 Å². The average Bonchev–Trinajstić information content (AvgIpc) is 2.56. The van der Waals surface area contributed by atoms with Crippen LogP contribution in [0.3, 0.4) is 0 Å². The Morgan fingerprint density at radius 3 is 2.39 bits per heavy atom. The van der Waals surface area contributed by atoms with Crippen molar-refractivity contribution in [2.75, 3.05) is 7.11 Å². The van der Waals surface area contributed by atoms with Crippen molar-refractivity contribution in [1.29, 1.82) is 0 Å². The predicted molar refractivity (Wildman–Crippen MR) is 89.7 cm³/mol. The molecule has 0 atom stereocenters. The van der Waals surface area contributed by atoms with Crippen LogP contribution in [0.25, 0.3) is 10.8 Å². The standard InChI is InChI=1S/C17H11Cl2NO3/c1-22-13-4-2-10-3-5-14(7-11(10)6-13)23-17(21)12-8-15(18)16(19)20-9-12/h2-9H,1H3. The van der Waals surface area contributed by atoms with E-state index < -0.39 is 5.97 Å². The Hall–Kier alpha value is -2.30. The largest absolute Gasteiger partial charge is 0.497 e. The monoisotopic (exact) mass is 347 g/mol. The number of methoxy groups -OCH3 is 1. The number of halogens is 2. The van der Waals surface area contributed by atoms with Crippen molar-refractivity contribution >= 4 is 39.9 Å². The summed E-state index contributed by atoms with van der Waals surface area (Å²) < 4.78 is 10.5. The molecule has 0 spiro atoms. The van der Waals surface area contributed by atoms with Gasteiger partial charge in [-0.3, -0.25) is 0 Å². The number of carbonyl (C=O) groups excluding carboxylic acids is 1. The molecule has 0 aliphatic heterocycles. The molecular formula is C17H11Cl2NO3. The van der Waals surface area contributed by atoms with Gasteiger partial charge in [0.1, 0.15) is 16.7 Å². The number of ether oxygens (including phenoxy) is 2. The first-order valence-electron chi connectivity index (χ1n) is 6.68. The van der Waals surface area contributed by atoms with Crippen LogP contribution < -0.4 is 9.47 Å². The Morgan fingerprint density at radius 1 is 1.00 bits per heavy atom. The summed E-state index contributed by atoms with van der Waals surface area (Å²) in [4.78, 5) is 16.0. The van der Waals surface area contributed by atoms with E-state index in [9.17, 15) is 4.79 Å². The third-order valence-electron chi connectivity index (χ3n) is 3.26. The average molecular weight is 348 g/mol. The molecule has 23 heavy (non-hydrogen) atoms. The molecule has 0 saturated heterocycles. The molecule has 1 heterocycles. The highest BCUT2D eigenvalue weighted by Crippen LogP contribution is 2.26. The van der Waals surface area contributed by atoms with Crippen molar-refractivity contribution < 1.29 is 14.3 Å². The summed E-state index contributed by atoms with van der Waals surface area (Å²) in [5.74, 6) is 0.592. The molecule has 0 fully saturated rings. The minimum absolute atomic E-state index is 0.140. The molecule has 1 aromatic heterocycles. The quantitative estimate of drug-likeness (QED) is 0.389. The molecule has 3 rings (SSSR count). The van der Waals surface area contributed by atoms with Crippen LogP contribution in [0.4, 0.5) is 0 Å². The number of fused-ring (bicyclic) bond motifs is 1. The van der Waals surface area contributed by atoms with Crippen LogP contribution in [-0.4, -0.2) is 18.1 Å². The van der Waals surface area contributed by atoms with Gasteiger partial charge in [0.15, 0.2) is 0 Å². The van der Waals surface area contributed by atoms with E-state index in [1.165, 1.54) is 12.3 Å². The summed E-state index contributed by atoms with van der Waals surface area (Å²) in [7, 11) is 1.60. The summed E-state index contributed by atoms with van der Waals surface area (Å²) >= 11 is 11.6. The lowest BCUT2D eigenvalue weighted by molar-refractivity contribution is 0.0734. The third kappa shape index (κ3) is 3.38. The van der Waals surface area contributed by atoms with Crippen molar-refractivity contribution in [2.24, 2.45) is 0 Å². The van der Waals surface area contributed by atoms with Gasteiger partial charge in [-0.25, -0.2) is 9.78 Å². The van der Waals surface area contributed by atoms with Gasteiger partial charge in [0.05, 0.1) is 17.7 Å². The number of hydrogen-bond acceptors (Lipinski definition) is 4. The molecule has 0 radical (unpaired) electrons. The van der Waals surface area contributed by atoms with Crippen molar-refractivity contribution in [1.82, 2.24) is 4.98 Å². The highest BCUT2D eigenvalue weighted by atomic mass is 35.5. The molecule has 0 amide bonds. The SMILES string of the molecule is COc1ccc2ccc(OC(=O)c3cnc(Cl)c(Cl)c3)cc2c1. The summed E-state index contributed by atoms with van der Waals surface area (Å²) in [5, 5.41) is 2.26. The fourth-order valence-electron chi connectivity index (χ4n) is 2.09. The highest BCUT2D eigenvalue weighted by molar-refractivity contribution is 6.41. The van der Waals surface area contributed by atoms with E-state index in [2.05, 4.69) is 4.98 Å². The van der Waals surface area contributed by atoms with Gasteiger partial charge in [-0.15, -0.1) is 0 Å². The van der Waals surface area contributed by atoms with Gasteiger partial charge < -0.3 is 9.47 Å². The molecule has 0 saturated carbocycles. The second-order valence-electron chi connectivity index (χ2n) is 4.76.